The Morgan fingerprint density at radius 2 is 1.71 bits per heavy atom. The molecule has 1 nitrogen and oxygen atoms in total. The largest absolute Gasteiger partial charge is 0.497 e. The van der Waals surface area contributed by atoms with Crippen molar-refractivity contribution in [2.24, 2.45) is 0 Å². The lowest BCUT2D eigenvalue weighted by molar-refractivity contribution is 0.415. The van der Waals surface area contributed by atoms with Crippen LogP contribution in [0.25, 0.3) is 6.08 Å². The normalized spacial score (nSPS) is 10.9. The summed E-state index contributed by atoms with van der Waals surface area (Å²) in [6, 6.07) is 8.18. The molecule has 0 N–H and O–H groups in total. The summed E-state index contributed by atoms with van der Waals surface area (Å²) in [5.74, 6) is 0.918. The Labute approximate surface area is 106 Å². The Hall–Kier alpha value is -1.24. The van der Waals surface area contributed by atoms with Crippen LogP contribution in [-0.2, 0) is 0 Å². The summed E-state index contributed by atoms with van der Waals surface area (Å²) in [6.07, 6.45) is 12.4. The van der Waals surface area contributed by atoms with Crippen LogP contribution in [0.5, 0.6) is 5.75 Å². The van der Waals surface area contributed by atoms with Crippen LogP contribution in [0.2, 0.25) is 0 Å². The van der Waals surface area contributed by atoms with Crippen molar-refractivity contribution in [3.05, 3.63) is 35.9 Å². The lowest BCUT2D eigenvalue weighted by atomic mass is 10.1. The molecular formula is C16H24O. The first-order valence-electron chi connectivity index (χ1n) is 6.67. The van der Waals surface area contributed by atoms with Crippen molar-refractivity contribution in [2.75, 3.05) is 7.11 Å². The monoisotopic (exact) mass is 232 g/mol. The van der Waals surface area contributed by atoms with Gasteiger partial charge in [-0.25, -0.2) is 0 Å². The molecule has 0 saturated carbocycles. The third kappa shape index (κ3) is 6.15. The van der Waals surface area contributed by atoms with Gasteiger partial charge in [-0.05, 0) is 30.5 Å². The average molecular weight is 232 g/mol. The highest BCUT2D eigenvalue weighted by Gasteiger charge is 1.90. The van der Waals surface area contributed by atoms with Gasteiger partial charge in [0.1, 0.15) is 5.75 Å². The highest BCUT2D eigenvalue weighted by molar-refractivity contribution is 5.50. The van der Waals surface area contributed by atoms with E-state index in [1.165, 1.54) is 44.1 Å². The van der Waals surface area contributed by atoms with Crippen LogP contribution in [0.3, 0.4) is 0 Å². The summed E-state index contributed by atoms with van der Waals surface area (Å²) in [7, 11) is 1.70. The van der Waals surface area contributed by atoms with Crippen molar-refractivity contribution in [3.8, 4) is 5.75 Å². The molecule has 1 rings (SSSR count). The summed E-state index contributed by atoms with van der Waals surface area (Å²) in [5.41, 5.74) is 1.25. The lowest BCUT2D eigenvalue weighted by Crippen LogP contribution is -1.81. The molecule has 0 unspecified atom stereocenters. The molecule has 0 spiro atoms. The van der Waals surface area contributed by atoms with E-state index >= 15 is 0 Å². The minimum Gasteiger partial charge on any atom is -0.497 e. The molecule has 1 aromatic rings. The van der Waals surface area contributed by atoms with Crippen LogP contribution in [0, 0.1) is 0 Å². The fourth-order valence-electron chi connectivity index (χ4n) is 1.80. The number of unbranched alkanes of at least 4 members (excludes halogenated alkanes) is 5. The fourth-order valence-corrected chi connectivity index (χ4v) is 1.80. The third-order valence-corrected chi connectivity index (χ3v) is 2.90. The molecule has 0 atom stereocenters. The molecule has 1 heteroatoms. The summed E-state index contributed by atoms with van der Waals surface area (Å²) >= 11 is 0. The van der Waals surface area contributed by atoms with E-state index in [9.17, 15) is 0 Å². The maximum atomic E-state index is 5.13. The molecule has 0 heterocycles. The summed E-state index contributed by atoms with van der Waals surface area (Å²) < 4.78 is 5.13. The van der Waals surface area contributed by atoms with Gasteiger partial charge in [-0.3, -0.25) is 0 Å². The quantitative estimate of drug-likeness (QED) is 0.569. The second-order valence-corrected chi connectivity index (χ2v) is 4.38. The molecule has 0 radical (unpaired) electrons. The van der Waals surface area contributed by atoms with Gasteiger partial charge in [0, 0.05) is 0 Å². The number of rotatable bonds is 8. The Morgan fingerprint density at radius 1 is 1.00 bits per heavy atom. The molecule has 0 aliphatic heterocycles. The van der Waals surface area contributed by atoms with Crippen molar-refractivity contribution < 1.29 is 4.74 Å². The van der Waals surface area contributed by atoms with Crippen LogP contribution >= 0.6 is 0 Å². The minimum atomic E-state index is 0.918. The maximum absolute atomic E-state index is 5.13. The van der Waals surface area contributed by atoms with Crippen LogP contribution in [0.15, 0.2) is 30.3 Å². The number of ether oxygens (including phenoxy) is 1. The highest BCUT2D eigenvalue weighted by atomic mass is 16.5. The first-order valence-corrected chi connectivity index (χ1v) is 6.67. The topological polar surface area (TPSA) is 9.23 Å². The second kappa shape index (κ2) is 8.86. The van der Waals surface area contributed by atoms with Gasteiger partial charge in [0.25, 0.3) is 0 Å². The van der Waals surface area contributed by atoms with Crippen LogP contribution in [0.4, 0.5) is 0 Å². The van der Waals surface area contributed by atoms with Crippen molar-refractivity contribution >= 4 is 6.08 Å². The lowest BCUT2D eigenvalue weighted by Gasteiger charge is -1.99. The SMILES string of the molecule is CCCCCCC/C=C/c1ccc(OC)cc1. The van der Waals surface area contributed by atoms with Crippen LogP contribution < -0.4 is 4.74 Å². The first kappa shape index (κ1) is 13.8. The smallest absolute Gasteiger partial charge is 0.118 e. The Kier molecular flexibility index (Phi) is 7.20. The van der Waals surface area contributed by atoms with Gasteiger partial charge < -0.3 is 4.74 Å². The van der Waals surface area contributed by atoms with Gasteiger partial charge in [0.15, 0.2) is 0 Å². The summed E-state index contributed by atoms with van der Waals surface area (Å²) in [6.45, 7) is 2.25. The van der Waals surface area contributed by atoms with Crippen molar-refractivity contribution in [1.82, 2.24) is 0 Å². The number of hydrogen-bond acceptors (Lipinski definition) is 1. The highest BCUT2D eigenvalue weighted by Crippen LogP contribution is 2.13. The summed E-state index contributed by atoms with van der Waals surface area (Å²) in [4.78, 5) is 0. The molecule has 0 amide bonds. The van der Waals surface area contributed by atoms with Gasteiger partial charge in [-0.15, -0.1) is 0 Å². The Morgan fingerprint density at radius 3 is 2.35 bits per heavy atom. The van der Waals surface area contributed by atoms with Gasteiger partial charge in [-0.2, -0.15) is 0 Å². The minimum absolute atomic E-state index is 0.918. The molecule has 0 aromatic heterocycles. The standard InChI is InChI=1S/C16H24O/c1-3-4-5-6-7-8-9-10-15-11-13-16(17-2)14-12-15/h9-14H,3-8H2,1-2H3/b10-9+. The van der Waals surface area contributed by atoms with E-state index in [0.29, 0.717) is 0 Å². The van der Waals surface area contributed by atoms with E-state index < -0.39 is 0 Å². The number of allylic oxidation sites excluding steroid dienone is 1. The number of benzene rings is 1. The zero-order valence-electron chi connectivity index (χ0n) is 11.1. The number of methoxy groups -OCH3 is 1. The molecule has 1 aromatic carbocycles. The van der Waals surface area contributed by atoms with E-state index in [1.54, 1.807) is 7.11 Å². The van der Waals surface area contributed by atoms with E-state index in [1.807, 2.05) is 12.1 Å². The van der Waals surface area contributed by atoms with Gasteiger partial charge in [0.2, 0.25) is 0 Å². The van der Waals surface area contributed by atoms with Gasteiger partial charge in [-0.1, -0.05) is 56.9 Å². The zero-order chi connectivity index (χ0) is 12.3. The van der Waals surface area contributed by atoms with Gasteiger partial charge in [0.05, 0.1) is 7.11 Å². The Balaban J connectivity index is 2.19. The first-order chi connectivity index (χ1) is 8.36. The molecule has 0 bridgehead atoms. The number of hydrogen-bond donors (Lipinski definition) is 0. The van der Waals surface area contributed by atoms with E-state index in [2.05, 4.69) is 31.2 Å². The van der Waals surface area contributed by atoms with Crippen molar-refractivity contribution in [1.29, 1.82) is 0 Å². The molecular weight excluding hydrogens is 208 g/mol. The van der Waals surface area contributed by atoms with E-state index in [4.69, 9.17) is 4.74 Å². The van der Waals surface area contributed by atoms with Crippen molar-refractivity contribution in [2.45, 2.75) is 45.4 Å². The van der Waals surface area contributed by atoms with E-state index in [0.717, 1.165) is 5.75 Å². The van der Waals surface area contributed by atoms with Gasteiger partial charge >= 0.3 is 0 Å². The molecule has 0 aliphatic carbocycles. The average Bonchev–Trinajstić information content (AvgIpc) is 2.38. The second-order valence-electron chi connectivity index (χ2n) is 4.38. The van der Waals surface area contributed by atoms with Crippen molar-refractivity contribution in [3.63, 3.8) is 0 Å². The van der Waals surface area contributed by atoms with Crippen LogP contribution in [-0.4, -0.2) is 7.11 Å². The maximum Gasteiger partial charge on any atom is 0.118 e. The molecule has 0 aliphatic rings. The molecule has 0 fully saturated rings. The Bertz CT molecular complexity index is 311. The molecule has 94 valence electrons. The fraction of sp³-hybridized carbons (Fsp3) is 0.500. The zero-order valence-corrected chi connectivity index (χ0v) is 11.1. The van der Waals surface area contributed by atoms with E-state index in [-0.39, 0.29) is 0 Å². The third-order valence-electron chi connectivity index (χ3n) is 2.90. The summed E-state index contributed by atoms with van der Waals surface area (Å²) in [5, 5.41) is 0. The molecule has 0 saturated heterocycles. The molecule has 17 heavy (non-hydrogen) atoms. The predicted octanol–water partition coefficient (Wildman–Crippen LogP) is 5.07. The predicted molar refractivity (Wildman–Crippen MR) is 75.4 cm³/mol. The van der Waals surface area contributed by atoms with Crippen LogP contribution in [0.1, 0.15) is 51.0 Å².